The molecule has 0 N–H and O–H groups in total. The maximum Gasteiger partial charge on any atom is 0.450 e. The van der Waals surface area contributed by atoms with E-state index in [2.05, 4.69) is 0 Å². The first kappa shape index (κ1) is 22.2. The van der Waals surface area contributed by atoms with Crippen LogP contribution in [0.15, 0.2) is 72.8 Å². The Morgan fingerprint density at radius 1 is 0.875 bits per heavy atom. The molecule has 166 valence electrons. The number of nitro benzene ring substituents is 1. The van der Waals surface area contributed by atoms with E-state index in [9.17, 15) is 19.2 Å². The van der Waals surface area contributed by atoms with E-state index in [0.717, 1.165) is 14.2 Å². The lowest BCUT2D eigenvalue weighted by Gasteiger charge is -2.30. The zero-order valence-electron chi connectivity index (χ0n) is 17.1. The second kappa shape index (κ2) is 8.52. The van der Waals surface area contributed by atoms with Gasteiger partial charge < -0.3 is 18.1 Å². The predicted molar refractivity (Wildman–Crippen MR) is 118 cm³/mol. The molecule has 0 saturated carbocycles. The highest BCUT2D eigenvalue weighted by molar-refractivity contribution is 7.72. The van der Waals surface area contributed by atoms with E-state index in [1.54, 1.807) is 48.5 Å². The number of hydrogen-bond acceptors (Lipinski definition) is 8. The van der Waals surface area contributed by atoms with Gasteiger partial charge in [0.2, 0.25) is 5.40 Å². The number of rotatable bonds is 6. The fraction of sp³-hybridized carbons (Fsp3) is 0.143. The van der Waals surface area contributed by atoms with Gasteiger partial charge in [0.1, 0.15) is 11.5 Å². The van der Waals surface area contributed by atoms with E-state index < -0.39 is 25.5 Å². The number of nitro groups is 1. The third kappa shape index (κ3) is 3.85. The highest BCUT2D eigenvalue weighted by Gasteiger charge is 2.55. The molecule has 3 aromatic carbocycles. The Labute approximate surface area is 184 Å². The first-order valence-electron chi connectivity index (χ1n) is 9.44. The van der Waals surface area contributed by atoms with Gasteiger partial charge in [-0.25, -0.2) is 4.57 Å². The second-order valence-electron chi connectivity index (χ2n) is 6.84. The summed E-state index contributed by atoms with van der Waals surface area (Å²) in [6.07, 6.45) is 0. The van der Waals surface area contributed by atoms with Crippen LogP contribution in [0.2, 0.25) is 0 Å². The summed E-state index contributed by atoms with van der Waals surface area (Å²) in [5.41, 5.74) is 1.29. The number of para-hydroxylation sites is 2. The van der Waals surface area contributed by atoms with Gasteiger partial charge in [-0.15, -0.1) is 0 Å². The fourth-order valence-electron chi connectivity index (χ4n) is 3.51. The summed E-state index contributed by atoms with van der Waals surface area (Å²) in [6, 6.07) is 19.0. The molecule has 1 aliphatic heterocycles. The third-order valence-corrected chi connectivity index (χ3v) is 10.4. The van der Waals surface area contributed by atoms with Gasteiger partial charge in [-0.05, 0) is 17.7 Å². The van der Waals surface area contributed by atoms with E-state index >= 15 is 0 Å². The Morgan fingerprint density at radius 3 is 1.78 bits per heavy atom. The molecule has 0 aromatic heterocycles. The Kier molecular flexibility index (Phi) is 5.93. The average Bonchev–Trinajstić information content (AvgIpc) is 2.92. The highest BCUT2D eigenvalue weighted by atomic mass is 31.2. The van der Waals surface area contributed by atoms with Gasteiger partial charge in [0.05, 0.1) is 4.92 Å². The zero-order chi connectivity index (χ0) is 22.9. The van der Waals surface area contributed by atoms with Crippen LogP contribution in [0.5, 0.6) is 11.5 Å². The number of hydrogen-bond donors (Lipinski definition) is 0. The van der Waals surface area contributed by atoms with Crippen molar-refractivity contribution in [3.05, 3.63) is 88.5 Å². The van der Waals surface area contributed by atoms with Gasteiger partial charge in [-0.3, -0.25) is 14.7 Å². The minimum atomic E-state index is -4.33. The fourth-order valence-corrected chi connectivity index (χ4v) is 8.47. The van der Waals surface area contributed by atoms with Crippen LogP contribution >= 0.6 is 15.2 Å². The van der Waals surface area contributed by atoms with Crippen LogP contribution < -0.4 is 9.05 Å². The first-order valence-corrected chi connectivity index (χ1v) is 12.7. The van der Waals surface area contributed by atoms with Crippen molar-refractivity contribution in [3.8, 4) is 22.6 Å². The van der Waals surface area contributed by atoms with Crippen LogP contribution in [0.3, 0.4) is 0 Å². The number of fused-ring (bicyclic) bond motifs is 3. The quantitative estimate of drug-likeness (QED) is 0.228. The van der Waals surface area contributed by atoms with Crippen molar-refractivity contribution in [1.82, 2.24) is 0 Å². The van der Waals surface area contributed by atoms with Crippen LogP contribution in [0.1, 0.15) is 11.0 Å². The zero-order valence-corrected chi connectivity index (χ0v) is 18.9. The van der Waals surface area contributed by atoms with Gasteiger partial charge in [0, 0.05) is 37.5 Å². The van der Waals surface area contributed by atoms with Crippen LogP contribution in [-0.4, -0.2) is 19.1 Å². The van der Waals surface area contributed by atoms with Crippen molar-refractivity contribution in [1.29, 1.82) is 0 Å². The van der Waals surface area contributed by atoms with E-state index in [-0.39, 0.29) is 22.7 Å². The maximum absolute atomic E-state index is 14.4. The summed E-state index contributed by atoms with van der Waals surface area (Å²) in [6.45, 7) is 0. The molecule has 0 fully saturated rings. The van der Waals surface area contributed by atoms with Crippen LogP contribution in [0, 0.1) is 10.1 Å². The smallest absolute Gasteiger partial charge is 0.415 e. The largest absolute Gasteiger partial charge is 0.450 e. The molecule has 1 heterocycles. The summed E-state index contributed by atoms with van der Waals surface area (Å²) in [5.74, 6) is 0.540. The molecule has 0 spiro atoms. The van der Waals surface area contributed by atoms with Crippen molar-refractivity contribution in [2.24, 2.45) is 0 Å². The van der Waals surface area contributed by atoms with Crippen LogP contribution in [0.4, 0.5) is 5.69 Å². The number of non-ortho nitro benzene ring substituents is 1. The van der Waals surface area contributed by atoms with Crippen molar-refractivity contribution < 1.29 is 32.1 Å². The Morgan fingerprint density at radius 2 is 1.34 bits per heavy atom. The molecule has 32 heavy (non-hydrogen) atoms. The number of benzene rings is 3. The standard InChI is InChI=1S/C21H19NO8P2/c1-27-31(25,28-2)21(15-11-13-16(14-12-15)22(23)24)32(26)29-19-9-5-3-7-17(19)18-8-4-6-10-20(18)30-32/h3-14,21H,1-2H3. The van der Waals surface area contributed by atoms with E-state index in [0.29, 0.717) is 11.1 Å². The summed E-state index contributed by atoms with van der Waals surface area (Å²) < 4.78 is 50.2. The lowest BCUT2D eigenvalue weighted by molar-refractivity contribution is -0.384. The molecule has 0 saturated heterocycles. The van der Waals surface area contributed by atoms with Gasteiger partial charge in [-0.2, -0.15) is 0 Å². The lowest BCUT2D eigenvalue weighted by Crippen LogP contribution is -2.12. The summed E-state index contributed by atoms with van der Waals surface area (Å²) >= 11 is 0. The molecule has 1 atom stereocenters. The molecule has 0 amide bonds. The molecule has 1 unspecified atom stereocenters. The second-order valence-corrected chi connectivity index (χ2v) is 11.5. The summed E-state index contributed by atoms with van der Waals surface area (Å²) in [7, 11) is -6.12. The molecule has 4 rings (SSSR count). The normalized spacial score (nSPS) is 15.3. The van der Waals surface area contributed by atoms with Crippen molar-refractivity contribution in [2.75, 3.05) is 14.2 Å². The third-order valence-electron chi connectivity index (χ3n) is 5.03. The van der Waals surface area contributed by atoms with Gasteiger partial charge in [-0.1, -0.05) is 48.5 Å². The van der Waals surface area contributed by atoms with Gasteiger partial charge in [0.25, 0.3) is 5.69 Å². The molecule has 3 aromatic rings. The summed E-state index contributed by atoms with van der Waals surface area (Å²) in [5, 5.41) is 9.56. The maximum atomic E-state index is 14.4. The molecule has 0 radical (unpaired) electrons. The van der Waals surface area contributed by atoms with Crippen molar-refractivity contribution in [3.63, 3.8) is 0 Å². The number of nitrogens with zero attached hydrogens (tertiary/aromatic N) is 1. The van der Waals surface area contributed by atoms with E-state index in [4.69, 9.17) is 18.1 Å². The SMILES string of the molecule is COP(=O)(OC)C(c1ccc([N+](=O)[O-])cc1)P1(=O)Oc2ccccc2-c2ccccc2O1. The monoisotopic (exact) mass is 475 g/mol. The molecule has 11 heteroatoms. The van der Waals surface area contributed by atoms with Crippen molar-refractivity contribution >= 4 is 20.9 Å². The van der Waals surface area contributed by atoms with Crippen molar-refractivity contribution in [2.45, 2.75) is 5.40 Å². The molecule has 1 aliphatic rings. The first-order chi connectivity index (χ1) is 15.3. The Bertz CT molecular complexity index is 1200. The highest BCUT2D eigenvalue weighted by Crippen LogP contribution is 2.78. The average molecular weight is 475 g/mol. The molecular formula is C21H19NO8P2. The topological polar surface area (TPSA) is 114 Å². The molecular weight excluding hydrogens is 456 g/mol. The Hall–Kier alpha value is -2.96. The lowest BCUT2D eigenvalue weighted by atomic mass is 10.0. The Balaban J connectivity index is 1.94. The molecule has 0 aliphatic carbocycles. The van der Waals surface area contributed by atoms with Gasteiger partial charge >= 0.3 is 15.2 Å². The van der Waals surface area contributed by atoms with E-state index in [1.165, 1.54) is 24.3 Å². The molecule has 9 nitrogen and oxygen atoms in total. The van der Waals surface area contributed by atoms with Crippen LogP contribution in [-0.2, 0) is 18.2 Å². The minimum Gasteiger partial charge on any atom is -0.415 e. The summed E-state index contributed by atoms with van der Waals surface area (Å²) in [4.78, 5) is 10.5. The predicted octanol–water partition coefficient (Wildman–Crippen LogP) is 6.41. The van der Waals surface area contributed by atoms with E-state index in [1.807, 2.05) is 0 Å². The molecule has 0 bridgehead atoms. The van der Waals surface area contributed by atoms with Crippen LogP contribution in [0.25, 0.3) is 11.1 Å². The minimum absolute atomic E-state index is 0.183. The van der Waals surface area contributed by atoms with Gasteiger partial charge in [0.15, 0.2) is 0 Å².